The minimum absolute atomic E-state index is 0.0765. The Morgan fingerprint density at radius 1 is 1.12 bits per heavy atom. The summed E-state index contributed by atoms with van der Waals surface area (Å²) in [5.74, 6) is 2.31. The van der Waals surface area contributed by atoms with Gasteiger partial charge in [-0.25, -0.2) is 0 Å². The molecular weight excluding hydrogens is 402 g/mol. The molecule has 5 rings (SSSR count). The summed E-state index contributed by atoms with van der Waals surface area (Å²) in [7, 11) is 5.47. The molecule has 2 aromatic carbocycles. The summed E-state index contributed by atoms with van der Waals surface area (Å²) in [5.41, 5.74) is 4.49. The fourth-order valence-corrected chi connectivity index (χ4v) is 6.07. The zero-order valence-corrected chi connectivity index (χ0v) is 19.3. The van der Waals surface area contributed by atoms with Crippen LogP contribution in [0.2, 0.25) is 0 Å². The van der Waals surface area contributed by atoms with E-state index in [4.69, 9.17) is 14.2 Å². The minimum atomic E-state index is -0.292. The molecule has 32 heavy (non-hydrogen) atoms. The first-order valence-corrected chi connectivity index (χ1v) is 11.4. The highest BCUT2D eigenvalue weighted by Crippen LogP contribution is 2.58. The van der Waals surface area contributed by atoms with Crippen molar-refractivity contribution in [3.05, 3.63) is 70.5 Å². The molecule has 3 aliphatic rings. The number of likely N-dealkylation sites (N-methyl/N-ethyl adjacent to an activating group) is 1. The third-order valence-corrected chi connectivity index (χ3v) is 7.82. The Hall–Kier alpha value is -2.79. The molecule has 0 N–H and O–H groups in total. The van der Waals surface area contributed by atoms with Gasteiger partial charge in [0.1, 0.15) is 6.61 Å². The zero-order chi connectivity index (χ0) is 22.5. The third-order valence-electron chi connectivity index (χ3n) is 7.82. The lowest BCUT2D eigenvalue weighted by atomic mass is 9.53. The normalized spacial score (nSPS) is 26.6. The van der Waals surface area contributed by atoms with Crippen LogP contribution in [0, 0.1) is 12.8 Å². The Morgan fingerprint density at radius 3 is 2.69 bits per heavy atom. The maximum atomic E-state index is 13.1. The molecule has 2 aromatic rings. The van der Waals surface area contributed by atoms with Gasteiger partial charge >= 0.3 is 0 Å². The summed E-state index contributed by atoms with van der Waals surface area (Å²) in [4.78, 5) is 15.5. The molecule has 1 aliphatic heterocycles. The quantitative estimate of drug-likeness (QED) is 0.707. The molecule has 1 fully saturated rings. The number of aryl methyl sites for hydroxylation is 1. The lowest BCUT2D eigenvalue weighted by Gasteiger charge is -2.56. The Balaban J connectivity index is 1.65. The number of allylic oxidation sites excluding steroid dienone is 1. The van der Waals surface area contributed by atoms with Crippen LogP contribution < -0.4 is 9.47 Å². The van der Waals surface area contributed by atoms with Crippen molar-refractivity contribution < 1.29 is 19.0 Å². The number of nitrogens with zero attached hydrogens (tertiary/aromatic N) is 1. The topological polar surface area (TPSA) is 48.0 Å². The van der Waals surface area contributed by atoms with E-state index < -0.39 is 0 Å². The van der Waals surface area contributed by atoms with Crippen LogP contribution in [0.5, 0.6) is 11.5 Å². The van der Waals surface area contributed by atoms with Gasteiger partial charge in [-0.1, -0.05) is 30.3 Å². The number of Topliss-reactive ketones (excluding diaryl/α,β-unsaturated/α-hetero) is 1. The molecule has 3 atom stereocenters. The molecule has 0 radical (unpaired) electrons. The van der Waals surface area contributed by atoms with Crippen molar-refractivity contribution in [2.45, 2.75) is 44.2 Å². The van der Waals surface area contributed by atoms with E-state index in [0.717, 1.165) is 36.4 Å². The first-order valence-electron chi connectivity index (χ1n) is 11.4. The second-order valence-electron chi connectivity index (χ2n) is 9.37. The molecule has 2 bridgehead atoms. The largest absolute Gasteiger partial charge is 0.493 e. The molecule has 5 heteroatoms. The number of ketones is 1. The van der Waals surface area contributed by atoms with Crippen LogP contribution in [-0.4, -0.2) is 44.5 Å². The number of hydrogen-bond donors (Lipinski definition) is 0. The number of benzene rings is 2. The molecular formula is C27H31NO4. The predicted octanol–water partition coefficient (Wildman–Crippen LogP) is 4.20. The number of carbonyl (C=O) groups is 1. The van der Waals surface area contributed by atoms with Crippen molar-refractivity contribution in [3.63, 3.8) is 0 Å². The highest BCUT2D eigenvalue weighted by atomic mass is 16.5. The zero-order valence-electron chi connectivity index (χ0n) is 19.3. The van der Waals surface area contributed by atoms with Gasteiger partial charge in [0.2, 0.25) is 0 Å². The highest BCUT2D eigenvalue weighted by molar-refractivity contribution is 5.96. The van der Waals surface area contributed by atoms with Crippen LogP contribution in [0.25, 0.3) is 0 Å². The highest BCUT2D eigenvalue weighted by Gasteiger charge is 2.56. The van der Waals surface area contributed by atoms with Crippen molar-refractivity contribution in [1.29, 1.82) is 0 Å². The van der Waals surface area contributed by atoms with Crippen LogP contribution in [0.15, 0.2) is 48.2 Å². The van der Waals surface area contributed by atoms with E-state index in [-0.39, 0.29) is 17.1 Å². The van der Waals surface area contributed by atoms with Gasteiger partial charge in [-0.05, 0) is 62.2 Å². The smallest absolute Gasteiger partial charge is 0.197 e. The van der Waals surface area contributed by atoms with Gasteiger partial charge in [-0.3, -0.25) is 4.79 Å². The SMILES string of the molecule is COC1=C[C@@H]2[C@@H]3Cc4ccc(OC)c(OCc5ccccc5C)c4[C@]2(CCN3C)CC1=O. The van der Waals surface area contributed by atoms with Gasteiger partial charge in [0.05, 0.1) is 14.2 Å². The van der Waals surface area contributed by atoms with Crippen LogP contribution in [0.3, 0.4) is 0 Å². The van der Waals surface area contributed by atoms with Crippen molar-refractivity contribution >= 4 is 5.78 Å². The van der Waals surface area contributed by atoms with E-state index in [1.54, 1.807) is 14.2 Å². The minimum Gasteiger partial charge on any atom is -0.493 e. The van der Waals surface area contributed by atoms with Crippen LogP contribution in [0.1, 0.15) is 35.1 Å². The first-order chi connectivity index (χ1) is 15.5. The van der Waals surface area contributed by atoms with Crippen molar-refractivity contribution in [1.82, 2.24) is 4.90 Å². The summed E-state index contributed by atoms with van der Waals surface area (Å²) < 4.78 is 17.8. The van der Waals surface area contributed by atoms with E-state index >= 15 is 0 Å². The molecule has 2 aliphatic carbocycles. The van der Waals surface area contributed by atoms with Gasteiger partial charge in [-0.2, -0.15) is 0 Å². The lowest BCUT2D eigenvalue weighted by Crippen LogP contribution is -2.60. The van der Waals surface area contributed by atoms with E-state index in [0.29, 0.717) is 24.8 Å². The molecule has 0 saturated carbocycles. The maximum absolute atomic E-state index is 13.1. The van der Waals surface area contributed by atoms with Gasteiger partial charge in [0.15, 0.2) is 23.0 Å². The number of rotatable bonds is 5. The third kappa shape index (κ3) is 3.14. The summed E-state index contributed by atoms with van der Waals surface area (Å²) in [6.07, 6.45) is 4.36. The lowest BCUT2D eigenvalue weighted by molar-refractivity contribution is -0.122. The summed E-state index contributed by atoms with van der Waals surface area (Å²) in [6.45, 7) is 3.53. The fourth-order valence-electron chi connectivity index (χ4n) is 6.07. The number of hydrogen-bond acceptors (Lipinski definition) is 5. The second-order valence-corrected chi connectivity index (χ2v) is 9.37. The number of methoxy groups -OCH3 is 2. The Bertz CT molecular complexity index is 1090. The van der Waals surface area contributed by atoms with Gasteiger partial charge in [-0.15, -0.1) is 0 Å². The number of carbonyl (C=O) groups excluding carboxylic acids is 1. The maximum Gasteiger partial charge on any atom is 0.197 e. The average Bonchev–Trinajstić information content (AvgIpc) is 2.80. The van der Waals surface area contributed by atoms with Crippen LogP contribution in [0.4, 0.5) is 0 Å². The molecule has 0 amide bonds. The summed E-state index contributed by atoms with van der Waals surface area (Å²) in [5, 5.41) is 0. The average molecular weight is 434 g/mol. The van der Waals surface area contributed by atoms with E-state index in [1.807, 2.05) is 18.2 Å². The molecule has 5 nitrogen and oxygen atoms in total. The van der Waals surface area contributed by atoms with Gasteiger partial charge in [0.25, 0.3) is 0 Å². The molecule has 1 heterocycles. The number of piperidine rings is 1. The Morgan fingerprint density at radius 2 is 1.94 bits per heavy atom. The molecule has 0 unspecified atom stereocenters. The van der Waals surface area contributed by atoms with E-state index in [2.05, 4.69) is 43.1 Å². The number of fused-ring (bicyclic) bond motifs is 1. The van der Waals surface area contributed by atoms with Crippen LogP contribution in [-0.2, 0) is 28.0 Å². The standard InChI is InChI=1S/C27H31NO4/c1-17-7-5-6-8-19(17)16-32-26-23(30-3)10-9-18-13-21-20-14-24(31-4)22(29)15-27(20,25(18)26)11-12-28(21)2/h5-10,14,20-21H,11-13,15-16H2,1-4H3/t20-,21+,27-/m1/s1. The number of likely N-dealkylation sites (tertiary alicyclic amines) is 1. The summed E-state index contributed by atoms with van der Waals surface area (Å²) in [6, 6.07) is 12.8. The second kappa shape index (κ2) is 7.96. The monoisotopic (exact) mass is 433 g/mol. The van der Waals surface area contributed by atoms with Gasteiger partial charge < -0.3 is 19.1 Å². The first kappa shape index (κ1) is 21.1. The van der Waals surface area contributed by atoms with Crippen molar-refractivity contribution in [3.8, 4) is 11.5 Å². The molecule has 0 spiro atoms. The van der Waals surface area contributed by atoms with Crippen molar-refractivity contribution in [2.75, 3.05) is 27.8 Å². The van der Waals surface area contributed by atoms with E-state index in [9.17, 15) is 4.79 Å². The Labute approximate surface area is 190 Å². The predicted molar refractivity (Wildman–Crippen MR) is 123 cm³/mol. The van der Waals surface area contributed by atoms with Crippen LogP contribution >= 0.6 is 0 Å². The molecule has 1 saturated heterocycles. The molecule has 168 valence electrons. The number of ether oxygens (including phenoxy) is 3. The molecule has 0 aromatic heterocycles. The van der Waals surface area contributed by atoms with Gasteiger partial charge in [0, 0.05) is 29.4 Å². The van der Waals surface area contributed by atoms with E-state index in [1.165, 1.54) is 16.7 Å². The fraction of sp³-hybridized carbons (Fsp3) is 0.444. The van der Waals surface area contributed by atoms with Crippen molar-refractivity contribution in [2.24, 2.45) is 5.92 Å². The Kier molecular flexibility index (Phi) is 5.25. The summed E-state index contributed by atoms with van der Waals surface area (Å²) >= 11 is 0.